The molecule has 1 rings (SSSR count). The van der Waals surface area contributed by atoms with E-state index in [1.165, 1.54) is 0 Å². The molecule has 0 fully saturated rings. The summed E-state index contributed by atoms with van der Waals surface area (Å²) in [7, 11) is 0. The SMILES string of the molecule is Cc1ccc(C(C#N)NCCCO)cc1Cl. The zero-order chi connectivity index (χ0) is 12.0. The van der Waals surface area contributed by atoms with Gasteiger partial charge in [-0.3, -0.25) is 5.32 Å². The van der Waals surface area contributed by atoms with Crippen LogP contribution in [0.2, 0.25) is 5.02 Å². The van der Waals surface area contributed by atoms with E-state index in [4.69, 9.17) is 22.0 Å². The predicted octanol–water partition coefficient (Wildman–Crippen LogP) is 2.19. The molecule has 86 valence electrons. The Bertz CT molecular complexity index is 387. The number of hydrogen-bond donors (Lipinski definition) is 2. The van der Waals surface area contributed by atoms with Crippen molar-refractivity contribution in [1.82, 2.24) is 5.32 Å². The number of benzene rings is 1. The number of aliphatic hydroxyl groups excluding tert-OH is 1. The minimum absolute atomic E-state index is 0.125. The number of nitrogens with zero attached hydrogens (tertiary/aromatic N) is 1. The van der Waals surface area contributed by atoms with Crippen molar-refractivity contribution in [2.75, 3.05) is 13.2 Å². The van der Waals surface area contributed by atoms with Crippen LogP contribution < -0.4 is 5.32 Å². The molecule has 3 nitrogen and oxygen atoms in total. The van der Waals surface area contributed by atoms with Crippen LogP contribution in [0.5, 0.6) is 0 Å². The summed E-state index contributed by atoms with van der Waals surface area (Å²) >= 11 is 6.00. The van der Waals surface area contributed by atoms with Gasteiger partial charge >= 0.3 is 0 Å². The summed E-state index contributed by atoms with van der Waals surface area (Å²) in [5.74, 6) is 0. The van der Waals surface area contributed by atoms with E-state index in [0.717, 1.165) is 11.1 Å². The lowest BCUT2D eigenvalue weighted by molar-refractivity contribution is 0.285. The first-order valence-electron chi connectivity index (χ1n) is 5.19. The molecule has 1 atom stereocenters. The van der Waals surface area contributed by atoms with Gasteiger partial charge in [-0.2, -0.15) is 5.26 Å². The van der Waals surface area contributed by atoms with Crippen LogP contribution in [0.25, 0.3) is 0 Å². The van der Waals surface area contributed by atoms with Crippen LogP contribution in [0.3, 0.4) is 0 Å². The number of halogens is 1. The van der Waals surface area contributed by atoms with Gasteiger partial charge in [-0.05, 0) is 37.1 Å². The second kappa shape index (κ2) is 6.49. The van der Waals surface area contributed by atoms with Gasteiger partial charge in [0.05, 0.1) is 6.07 Å². The van der Waals surface area contributed by atoms with Gasteiger partial charge in [0, 0.05) is 11.6 Å². The smallest absolute Gasteiger partial charge is 0.121 e. The third kappa shape index (κ3) is 3.49. The summed E-state index contributed by atoms with van der Waals surface area (Å²) < 4.78 is 0. The molecule has 4 heteroatoms. The van der Waals surface area contributed by atoms with Crippen molar-refractivity contribution in [1.29, 1.82) is 5.26 Å². The van der Waals surface area contributed by atoms with Gasteiger partial charge in [0.1, 0.15) is 6.04 Å². The Hall–Kier alpha value is -1.08. The Kier molecular flexibility index (Phi) is 5.27. The normalized spacial score (nSPS) is 12.1. The maximum absolute atomic E-state index is 9.02. The van der Waals surface area contributed by atoms with Crippen molar-refractivity contribution < 1.29 is 5.11 Å². The molecule has 0 amide bonds. The Morgan fingerprint density at radius 2 is 2.31 bits per heavy atom. The zero-order valence-electron chi connectivity index (χ0n) is 9.20. The number of aliphatic hydroxyl groups is 1. The average Bonchev–Trinajstić information content (AvgIpc) is 2.29. The van der Waals surface area contributed by atoms with Crippen molar-refractivity contribution in [2.45, 2.75) is 19.4 Å². The third-order valence-electron chi connectivity index (χ3n) is 2.34. The summed E-state index contributed by atoms with van der Waals surface area (Å²) in [6.07, 6.45) is 0.637. The molecule has 0 aromatic heterocycles. The van der Waals surface area contributed by atoms with Crippen LogP contribution >= 0.6 is 11.6 Å². The van der Waals surface area contributed by atoms with Gasteiger partial charge in [-0.15, -0.1) is 0 Å². The topological polar surface area (TPSA) is 56.0 Å². The van der Waals surface area contributed by atoms with E-state index in [-0.39, 0.29) is 12.6 Å². The lowest BCUT2D eigenvalue weighted by Gasteiger charge is -2.12. The van der Waals surface area contributed by atoms with Crippen molar-refractivity contribution in [3.05, 3.63) is 34.3 Å². The van der Waals surface area contributed by atoms with Gasteiger partial charge in [0.2, 0.25) is 0 Å². The lowest BCUT2D eigenvalue weighted by Crippen LogP contribution is -2.21. The fraction of sp³-hybridized carbons (Fsp3) is 0.417. The first-order chi connectivity index (χ1) is 7.69. The van der Waals surface area contributed by atoms with Gasteiger partial charge in [-0.25, -0.2) is 0 Å². The second-order valence-corrected chi connectivity index (χ2v) is 4.01. The number of nitriles is 1. The summed E-state index contributed by atoms with van der Waals surface area (Å²) in [5.41, 5.74) is 1.86. The van der Waals surface area contributed by atoms with Gasteiger partial charge in [-0.1, -0.05) is 23.7 Å². The molecule has 1 unspecified atom stereocenters. The predicted molar refractivity (Wildman–Crippen MR) is 64.2 cm³/mol. The second-order valence-electron chi connectivity index (χ2n) is 3.60. The highest BCUT2D eigenvalue weighted by Crippen LogP contribution is 2.21. The first-order valence-corrected chi connectivity index (χ1v) is 5.56. The van der Waals surface area contributed by atoms with Crippen LogP contribution in [0, 0.1) is 18.3 Å². The maximum atomic E-state index is 9.02. The summed E-state index contributed by atoms with van der Waals surface area (Å²) in [6, 6.07) is 7.39. The molecule has 0 heterocycles. The van der Waals surface area contributed by atoms with Gasteiger partial charge in [0.25, 0.3) is 0 Å². The summed E-state index contributed by atoms with van der Waals surface area (Å²) in [4.78, 5) is 0. The highest BCUT2D eigenvalue weighted by atomic mass is 35.5. The van der Waals surface area contributed by atoms with E-state index < -0.39 is 0 Å². The molecule has 0 saturated heterocycles. The van der Waals surface area contributed by atoms with Crippen LogP contribution in [-0.4, -0.2) is 18.3 Å². The number of aryl methyl sites for hydroxylation is 1. The van der Waals surface area contributed by atoms with Gasteiger partial charge in [0.15, 0.2) is 0 Å². The largest absolute Gasteiger partial charge is 0.396 e. The highest BCUT2D eigenvalue weighted by molar-refractivity contribution is 6.31. The van der Waals surface area contributed by atoms with Crippen molar-refractivity contribution >= 4 is 11.6 Å². The van der Waals surface area contributed by atoms with E-state index >= 15 is 0 Å². The first kappa shape index (κ1) is 13.0. The van der Waals surface area contributed by atoms with E-state index in [1.54, 1.807) is 6.07 Å². The lowest BCUT2D eigenvalue weighted by atomic mass is 10.1. The van der Waals surface area contributed by atoms with Gasteiger partial charge < -0.3 is 5.11 Å². The van der Waals surface area contributed by atoms with Crippen molar-refractivity contribution in [2.24, 2.45) is 0 Å². The molecule has 1 aromatic carbocycles. The number of hydrogen-bond acceptors (Lipinski definition) is 3. The zero-order valence-corrected chi connectivity index (χ0v) is 9.96. The monoisotopic (exact) mass is 238 g/mol. The molecule has 0 aliphatic rings. The molecule has 0 radical (unpaired) electrons. The molecule has 0 aliphatic carbocycles. The van der Waals surface area contributed by atoms with E-state index in [2.05, 4.69) is 11.4 Å². The molecule has 2 N–H and O–H groups in total. The Balaban J connectivity index is 2.72. The molecule has 0 spiro atoms. The maximum Gasteiger partial charge on any atom is 0.121 e. The fourth-order valence-electron chi connectivity index (χ4n) is 1.35. The highest BCUT2D eigenvalue weighted by Gasteiger charge is 2.10. The fourth-order valence-corrected chi connectivity index (χ4v) is 1.54. The Morgan fingerprint density at radius 3 is 2.88 bits per heavy atom. The summed E-state index contributed by atoms with van der Waals surface area (Å²) in [5, 5.41) is 21.4. The standard InChI is InChI=1S/C12H15ClN2O/c1-9-3-4-10(7-11(9)13)12(8-14)15-5-2-6-16/h3-4,7,12,15-16H,2,5-6H2,1H3. The van der Waals surface area contributed by atoms with Crippen LogP contribution in [0.4, 0.5) is 0 Å². The molecule has 16 heavy (non-hydrogen) atoms. The quantitative estimate of drug-likeness (QED) is 0.774. The molecule has 0 bridgehead atoms. The molecular weight excluding hydrogens is 224 g/mol. The molecule has 1 aromatic rings. The number of nitrogens with one attached hydrogen (secondary N) is 1. The Labute approximate surface area is 101 Å². The van der Waals surface area contributed by atoms with Crippen molar-refractivity contribution in [3.63, 3.8) is 0 Å². The minimum atomic E-state index is -0.371. The molecular formula is C12H15ClN2O. The summed E-state index contributed by atoms with van der Waals surface area (Å²) in [6.45, 7) is 2.66. The average molecular weight is 239 g/mol. The molecule has 0 saturated carbocycles. The third-order valence-corrected chi connectivity index (χ3v) is 2.75. The van der Waals surface area contributed by atoms with E-state index in [1.807, 2.05) is 19.1 Å². The minimum Gasteiger partial charge on any atom is -0.396 e. The van der Waals surface area contributed by atoms with E-state index in [0.29, 0.717) is 18.0 Å². The van der Waals surface area contributed by atoms with Crippen LogP contribution in [-0.2, 0) is 0 Å². The molecule has 0 aliphatic heterocycles. The van der Waals surface area contributed by atoms with Crippen LogP contribution in [0.15, 0.2) is 18.2 Å². The van der Waals surface area contributed by atoms with Crippen molar-refractivity contribution in [3.8, 4) is 6.07 Å². The van der Waals surface area contributed by atoms with E-state index in [9.17, 15) is 0 Å². The Morgan fingerprint density at radius 1 is 1.56 bits per heavy atom. The number of rotatable bonds is 5. The van der Waals surface area contributed by atoms with Crippen LogP contribution in [0.1, 0.15) is 23.6 Å².